The average molecular weight is 747 g/mol. The molecule has 1 unspecified atom stereocenters. The molecule has 0 saturated carbocycles. The number of hydrogen-bond donors (Lipinski definition) is 3. The molecule has 1 atom stereocenters. The molecule has 3 fully saturated rings. The van der Waals surface area contributed by atoms with E-state index in [1.165, 1.54) is 17.7 Å². The van der Waals surface area contributed by atoms with Crippen molar-refractivity contribution in [3.63, 3.8) is 0 Å². The number of likely N-dealkylation sites (tertiary alicyclic amines) is 2. The fourth-order valence-electron chi connectivity index (χ4n) is 7.91. The molecule has 5 heterocycles. The molecule has 3 aliphatic rings. The number of ether oxygens (including phenoxy) is 1. The number of hydrogen-bond acceptors (Lipinski definition) is 8. The molecular formula is C38H44ClFN8O5. The number of aromatic amines is 1. The highest BCUT2D eigenvalue weighted by atomic mass is 35.5. The van der Waals surface area contributed by atoms with Gasteiger partial charge < -0.3 is 24.4 Å². The van der Waals surface area contributed by atoms with Crippen molar-refractivity contribution in [3.8, 4) is 16.9 Å². The van der Waals surface area contributed by atoms with Crippen LogP contribution in [-0.2, 0) is 23.2 Å². The molecule has 4 amide bonds. The van der Waals surface area contributed by atoms with Gasteiger partial charge in [-0.3, -0.25) is 29.7 Å². The van der Waals surface area contributed by atoms with E-state index in [9.17, 15) is 19.2 Å². The van der Waals surface area contributed by atoms with E-state index in [1.807, 2.05) is 35.0 Å². The zero-order valence-electron chi connectivity index (χ0n) is 30.1. The zero-order chi connectivity index (χ0) is 37.4. The Labute approximate surface area is 311 Å². The number of carbonyl (C=O) groups excluding carboxylic acids is 3. The molecule has 15 heteroatoms. The number of H-pyrrole nitrogens is 1. The second-order valence-corrected chi connectivity index (χ2v) is 14.7. The largest absolute Gasteiger partial charge is 0.496 e. The lowest BCUT2D eigenvalue weighted by Crippen LogP contribution is -2.51. The SMILES string of the molecule is COc1cc(-c2cn(C)c(=O)c3[nH]ncc23)cc(F)c1CN1CCC(N(C)C(=O)N2CCC(c3ccc(NC4CCC(=O)NC4=O)cc3Cl)CC2)CC1. The number of piperidine rings is 3. The van der Waals surface area contributed by atoms with Crippen LogP contribution in [0.2, 0.25) is 5.02 Å². The lowest BCUT2D eigenvalue weighted by atomic mass is 9.89. The van der Waals surface area contributed by atoms with Crippen LogP contribution >= 0.6 is 11.6 Å². The van der Waals surface area contributed by atoms with Crippen molar-refractivity contribution in [1.82, 2.24) is 34.8 Å². The maximum absolute atomic E-state index is 15.8. The highest BCUT2D eigenvalue weighted by Crippen LogP contribution is 2.36. The summed E-state index contributed by atoms with van der Waals surface area (Å²) < 4.78 is 22.9. The molecule has 13 nitrogen and oxygen atoms in total. The molecule has 280 valence electrons. The highest BCUT2D eigenvalue weighted by molar-refractivity contribution is 6.31. The van der Waals surface area contributed by atoms with Crippen LogP contribution in [0.1, 0.15) is 55.6 Å². The lowest BCUT2D eigenvalue weighted by Gasteiger charge is -2.40. The third kappa shape index (κ3) is 7.47. The first kappa shape index (κ1) is 36.4. The lowest BCUT2D eigenvalue weighted by molar-refractivity contribution is -0.133. The van der Waals surface area contributed by atoms with E-state index in [1.54, 1.807) is 25.5 Å². The Kier molecular flexibility index (Phi) is 10.4. The van der Waals surface area contributed by atoms with Crippen LogP contribution in [0, 0.1) is 5.82 Å². The number of carbonyl (C=O) groups is 3. The van der Waals surface area contributed by atoms with Crippen LogP contribution < -0.4 is 20.9 Å². The van der Waals surface area contributed by atoms with E-state index in [0.29, 0.717) is 83.9 Å². The number of fused-ring (bicyclic) bond motifs is 1. The van der Waals surface area contributed by atoms with Gasteiger partial charge in [0.2, 0.25) is 11.8 Å². The topological polar surface area (TPSA) is 145 Å². The fourth-order valence-corrected chi connectivity index (χ4v) is 8.25. The van der Waals surface area contributed by atoms with E-state index >= 15 is 4.39 Å². The minimum Gasteiger partial charge on any atom is -0.496 e. The molecule has 2 aromatic heterocycles. The third-order valence-electron chi connectivity index (χ3n) is 11.0. The number of imide groups is 1. The number of anilines is 1. The average Bonchev–Trinajstić information content (AvgIpc) is 3.65. The van der Waals surface area contributed by atoms with Crippen molar-refractivity contribution in [2.75, 3.05) is 45.7 Å². The van der Waals surface area contributed by atoms with Gasteiger partial charge in [0.05, 0.1) is 13.3 Å². The first-order chi connectivity index (χ1) is 25.5. The van der Waals surface area contributed by atoms with Gasteiger partial charge in [0.1, 0.15) is 23.1 Å². The molecule has 3 aliphatic heterocycles. The number of rotatable bonds is 8. The molecule has 3 saturated heterocycles. The summed E-state index contributed by atoms with van der Waals surface area (Å²) in [5, 5.41) is 13.5. The van der Waals surface area contributed by atoms with Crippen LogP contribution in [0.15, 0.2) is 47.5 Å². The van der Waals surface area contributed by atoms with Crippen LogP contribution in [0.3, 0.4) is 0 Å². The number of amides is 4. The van der Waals surface area contributed by atoms with Crippen LogP contribution in [-0.4, -0.2) is 99.7 Å². The molecule has 4 aromatic rings. The predicted octanol–water partition coefficient (Wildman–Crippen LogP) is 4.84. The third-order valence-corrected chi connectivity index (χ3v) is 11.4. The number of methoxy groups -OCH3 is 1. The number of benzene rings is 2. The Hall–Kier alpha value is -4.95. The van der Waals surface area contributed by atoms with Gasteiger partial charge in [0, 0.05) is 92.7 Å². The van der Waals surface area contributed by atoms with Gasteiger partial charge in [0.25, 0.3) is 5.56 Å². The molecule has 0 aliphatic carbocycles. The fraction of sp³-hybridized carbons (Fsp3) is 0.447. The predicted molar refractivity (Wildman–Crippen MR) is 200 cm³/mol. The normalized spacial score (nSPS) is 19.0. The first-order valence-electron chi connectivity index (χ1n) is 18.0. The number of pyridine rings is 1. The second kappa shape index (κ2) is 15.2. The van der Waals surface area contributed by atoms with E-state index in [-0.39, 0.29) is 41.2 Å². The van der Waals surface area contributed by atoms with Gasteiger partial charge in [-0.15, -0.1) is 0 Å². The van der Waals surface area contributed by atoms with E-state index in [0.717, 1.165) is 36.9 Å². The summed E-state index contributed by atoms with van der Waals surface area (Å²) in [6, 6.07) is 8.63. The number of halogens is 2. The van der Waals surface area contributed by atoms with Crippen molar-refractivity contribution in [2.24, 2.45) is 7.05 Å². The monoisotopic (exact) mass is 746 g/mol. The summed E-state index contributed by atoms with van der Waals surface area (Å²) in [4.78, 5) is 55.7. The molecule has 0 bridgehead atoms. The number of nitrogens with one attached hydrogen (secondary N) is 3. The molecule has 53 heavy (non-hydrogen) atoms. The number of aryl methyl sites for hydroxylation is 1. The summed E-state index contributed by atoms with van der Waals surface area (Å²) in [5.74, 6) is -0.323. The van der Waals surface area contributed by atoms with Gasteiger partial charge in [-0.2, -0.15) is 5.10 Å². The maximum Gasteiger partial charge on any atom is 0.319 e. The van der Waals surface area contributed by atoms with Crippen molar-refractivity contribution < 1.29 is 23.5 Å². The van der Waals surface area contributed by atoms with E-state index < -0.39 is 6.04 Å². The minimum absolute atomic E-state index is 0.0187. The minimum atomic E-state index is -0.479. The van der Waals surface area contributed by atoms with Gasteiger partial charge in [-0.05, 0) is 73.4 Å². The highest BCUT2D eigenvalue weighted by Gasteiger charge is 2.32. The van der Waals surface area contributed by atoms with E-state index in [4.69, 9.17) is 16.3 Å². The second-order valence-electron chi connectivity index (χ2n) is 14.3. The van der Waals surface area contributed by atoms with Crippen molar-refractivity contribution >= 4 is 46.0 Å². The van der Waals surface area contributed by atoms with Crippen molar-refractivity contribution in [1.29, 1.82) is 0 Å². The molecule has 0 spiro atoms. The van der Waals surface area contributed by atoms with Crippen molar-refractivity contribution in [3.05, 3.63) is 75.0 Å². The number of aromatic nitrogens is 3. The summed E-state index contributed by atoms with van der Waals surface area (Å²) in [6.45, 7) is 3.04. The van der Waals surface area contributed by atoms with Gasteiger partial charge in [0.15, 0.2) is 0 Å². The summed E-state index contributed by atoms with van der Waals surface area (Å²) in [7, 11) is 5.05. The van der Waals surface area contributed by atoms with Gasteiger partial charge in [-0.25, -0.2) is 9.18 Å². The summed E-state index contributed by atoms with van der Waals surface area (Å²) in [6.07, 6.45) is 7.11. The Bertz CT molecular complexity index is 2100. The summed E-state index contributed by atoms with van der Waals surface area (Å²) in [5.41, 5.74) is 3.64. The van der Waals surface area contributed by atoms with Gasteiger partial charge >= 0.3 is 6.03 Å². The molecule has 0 radical (unpaired) electrons. The Morgan fingerprint density at radius 1 is 1.08 bits per heavy atom. The molecule has 3 N–H and O–H groups in total. The standard InChI is InChI=1S/C38H44ClFN8O5/c1-45-20-28(27-19-41-44-35(27)37(45)51)23-16-31(40)29(33(17-23)53-3)21-47-12-10-25(11-13-47)46(2)38(52)48-14-8-22(9-15-48)26-5-4-24(18-30(26)39)42-32-6-7-34(49)43-36(32)50/h4-5,16-20,22,25,32,42H,6-15,21H2,1-3H3,(H,41,44)(H,43,49,50). The van der Waals surface area contributed by atoms with Crippen LogP contribution in [0.25, 0.3) is 22.0 Å². The molecule has 7 rings (SSSR count). The smallest absolute Gasteiger partial charge is 0.319 e. The number of nitrogens with zero attached hydrogens (tertiary/aromatic N) is 5. The zero-order valence-corrected chi connectivity index (χ0v) is 30.8. The van der Waals surface area contributed by atoms with E-state index in [2.05, 4.69) is 25.7 Å². The van der Waals surface area contributed by atoms with Gasteiger partial charge in [-0.1, -0.05) is 17.7 Å². The molecule has 2 aromatic carbocycles. The maximum atomic E-state index is 15.8. The Balaban J connectivity index is 0.916. The Morgan fingerprint density at radius 2 is 1.83 bits per heavy atom. The quantitative estimate of drug-likeness (QED) is 0.217. The molecular weight excluding hydrogens is 703 g/mol. The Morgan fingerprint density at radius 3 is 2.53 bits per heavy atom. The van der Waals surface area contributed by atoms with Crippen molar-refractivity contribution in [2.45, 2.75) is 63.1 Å². The van der Waals surface area contributed by atoms with Crippen LogP contribution in [0.5, 0.6) is 5.75 Å². The summed E-state index contributed by atoms with van der Waals surface area (Å²) >= 11 is 6.71. The van der Waals surface area contributed by atoms with Crippen LogP contribution in [0.4, 0.5) is 14.9 Å². The number of urea groups is 1. The first-order valence-corrected chi connectivity index (χ1v) is 18.4.